The molecule has 2 rings (SSSR count). The number of nitro benzene ring substituents is 1. The lowest BCUT2D eigenvalue weighted by Gasteiger charge is -2.02. The molecule has 23 heavy (non-hydrogen) atoms. The molecule has 0 aromatic heterocycles. The Morgan fingerprint density at radius 2 is 1.78 bits per heavy atom. The Bertz CT molecular complexity index is 789. The zero-order valence-electron chi connectivity index (χ0n) is 11.3. The van der Waals surface area contributed by atoms with Crippen LogP contribution in [0, 0.1) is 10.1 Å². The van der Waals surface area contributed by atoms with Gasteiger partial charge >= 0.3 is 0 Å². The third-order valence-electron chi connectivity index (χ3n) is 2.76. The molecule has 0 aliphatic heterocycles. The Balaban J connectivity index is 2.15. The van der Waals surface area contributed by atoms with Crippen LogP contribution in [-0.2, 0) is 0 Å². The zero-order valence-corrected chi connectivity index (χ0v) is 13.6. The molecule has 6 nitrogen and oxygen atoms in total. The van der Waals surface area contributed by atoms with E-state index in [9.17, 15) is 14.9 Å². The fourth-order valence-corrected chi connectivity index (χ4v) is 2.33. The minimum atomic E-state index is -0.675. The van der Waals surface area contributed by atoms with Crippen LogP contribution in [0.3, 0.4) is 0 Å². The molecule has 1 amide bonds. The van der Waals surface area contributed by atoms with Gasteiger partial charge in [-0.2, -0.15) is 5.10 Å². The van der Waals surface area contributed by atoms with Crippen LogP contribution in [0.15, 0.2) is 41.5 Å². The summed E-state index contributed by atoms with van der Waals surface area (Å²) in [5.74, 6) is -0.635. The number of halogens is 3. The highest BCUT2D eigenvalue weighted by Gasteiger charge is 2.16. The number of rotatable bonds is 4. The van der Waals surface area contributed by atoms with Crippen molar-refractivity contribution in [3.05, 3.63) is 72.7 Å². The Kier molecular flexibility index (Phi) is 5.54. The van der Waals surface area contributed by atoms with Crippen LogP contribution in [0.25, 0.3) is 0 Å². The van der Waals surface area contributed by atoms with E-state index in [4.69, 9.17) is 34.8 Å². The van der Waals surface area contributed by atoms with Gasteiger partial charge in [0.05, 0.1) is 21.2 Å². The first-order valence-electron chi connectivity index (χ1n) is 6.11. The van der Waals surface area contributed by atoms with Crippen molar-refractivity contribution in [1.29, 1.82) is 0 Å². The Morgan fingerprint density at radius 3 is 2.39 bits per heavy atom. The molecule has 0 atom stereocenters. The Labute approximate surface area is 145 Å². The van der Waals surface area contributed by atoms with E-state index in [1.807, 2.05) is 0 Å². The summed E-state index contributed by atoms with van der Waals surface area (Å²) in [7, 11) is 0. The highest BCUT2D eigenvalue weighted by atomic mass is 35.5. The number of carbonyl (C=O) groups is 1. The number of hydrazone groups is 1. The topological polar surface area (TPSA) is 84.6 Å². The fraction of sp³-hybridized carbons (Fsp3) is 0. The van der Waals surface area contributed by atoms with Gasteiger partial charge in [0.15, 0.2) is 0 Å². The molecule has 0 saturated carbocycles. The molecule has 118 valence electrons. The van der Waals surface area contributed by atoms with Crippen LogP contribution in [-0.4, -0.2) is 17.0 Å². The van der Waals surface area contributed by atoms with Gasteiger partial charge in [0.25, 0.3) is 11.6 Å². The summed E-state index contributed by atoms with van der Waals surface area (Å²) in [6.07, 6.45) is 1.28. The molecule has 1 N–H and O–H groups in total. The maximum Gasteiger partial charge on any atom is 0.288 e. The van der Waals surface area contributed by atoms with E-state index >= 15 is 0 Å². The van der Waals surface area contributed by atoms with Crippen LogP contribution in [0.2, 0.25) is 15.1 Å². The molecule has 0 unspecified atom stereocenters. The highest BCUT2D eigenvalue weighted by Crippen LogP contribution is 2.25. The molecule has 0 bridgehead atoms. The van der Waals surface area contributed by atoms with Crippen LogP contribution in [0.1, 0.15) is 15.9 Å². The maximum atomic E-state index is 11.9. The average molecular weight is 373 g/mol. The summed E-state index contributed by atoms with van der Waals surface area (Å²) in [6.45, 7) is 0. The van der Waals surface area contributed by atoms with Gasteiger partial charge in [0.2, 0.25) is 0 Å². The number of hydrogen-bond donors (Lipinski definition) is 1. The number of carbonyl (C=O) groups excluding carboxylic acids is 1. The van der Waals surface area contributed by atoms with Crippen molar-refractivity contribution in [1.82, 2.24) is 5.43 Å². The first-order valence-corrected chi connectivity index (χ1v) is 7.25. The smallest absolute Gasteiger partial charge is 0.267 e. The van der Waals surface area contributed by atoms with E-state index in [2.05, 4.69) is 10.5 Å². The van der Waals surface area contributed by atoms with E-state index in [0.717, 1.165) is 6.07 Å². The largest absolute Gasteiger partial charge is 0.288 e. The first-order chi connectivity index (χ1) is 10.9. The number of hydrogen-bond acceptors (Lipinski definition) is 4. The molecule has 0 radical (unpaired) electrons. The summed E-state index contributed by atoms with van der Waals surface area (Å²) in [4.78, 5) is 22.1. The van der Waals surface area contributed by atoms with Gasteiger partial charge < -0.3 is 0 Å². The van der Waals surface area contributed by atoms with Gasteiger partial charge in [0, 0.05) is 17.2 Å². The lowest BCUT2D eigenvalue weighted by atomic mass is 10.2. The van der Waals surface area contributed by atoms with E-state index in [1.54, 1.807) is 18.2 Å². The predicted octanol–water partition coefficient (Wildman–Crippen LogP) is 4.32. The summed E-state index contributed by atoms with van der Waals surface area (Å²) < 4.78 is 0. The Hall–Kier alpha value is -2.15. The molecular weight excluding hydrogens is 365 g/mol. The fourth-order valence-electron chi connectivity index (χ4n) is 1.65. The van der Waals surface area contributed by atoms with E-state index in [1.165, 1.54) is 18.3 Å². The molecule has 2 aromatic carbocycles. The first kappa shape index (κ1) is 17.2. The number of nitrogens with zero attached hydrogens (tertiary/aromatic N) is 2. The highest BCUT2D eigenvalue weighted by molar-refractivity contribution is 6.38. The van der Waals surface area contributed by atoms with E-state index in [0.29, 0.717) is 15.6 Å². The number of amides is 1. The van der Waals surface area contributed by atoms with Gasteiger partial charge in [-0.05, 0) is 24.3 Å². The van der Waals surface area contributed by atoms with Crippen molar-refractivity contribution in [2.45, 2.75) is 0 Å². The van der Waals surface area contributed by atoms with Gasteiger partial charge in [-0.25, -0.2) is 5.43 Å². The number of nitro groups is 1. The molecular formula is C14H8Cl3N3O3. The van der Waals surface area contributed by atoms with Crippen LogP contribution in [0.4, 0.5) is 5.69 Å². The molecule has 9 heteroatoms. The monoisotopic (exact) mass is 371 g/mol. The van der Waals surface area contributed by atoms with Crippen molar-refractivity contribution < 1.29 is 9.72 Å². The Morgan fingerprint density at radius 1 is 1.13 bits per heavy atom. The minimum absolute atomic E-state index is 0.0449. The lowest BCUT2D eigenvalue weighted by molar-refractivity contribution is -0.384. The molecule has 0 aliphatic rings. The number of nitrogens with one attached hydrogen (secondary N) is 1. The van der Waals surface area contributed by atoms with E-state index < -0.39 is 10.8 Å². The van der Waals surface area contributed by atoms with Crippen LogP contribution in [0.5, 0.6) is 0 Å². The summed E-state index contributed by atoms with van der Waals surface area (Å²) >= 11 is 17.6. The van der Waals surface area contributed by atoms with Crippen molar-refractivity contribution in [2.75, 3.05) is 0 Å². The lowest BCUT2D eigenvalue weighted by Crippen LogP contribution is -2.17. The standard InChI is InChI=1S/C14H8Cl3N3O3/c15-10-2-1-3-11(16)9(10)7-18-19-14(21)8-4-5-12(17)13(6-8)20(22)23/h1-7H,(H,19,21). The minimum Gasteiger partial charge on any atom is -0.267 e. The van der Waals surface area contributed by atoms with Crippen LogP contribution < -0.4 is 5.43 Å². The average Bonchev–Trinajstić information content (AvgIpc) is 2.50. The van der Waals surface area contributed by atoms with Gasteiger partial charge in [-0.15, -0.1) is 0 Å². The quantitative estimate of drug-likeness (QED) is 0.493. The zero-order chi connectivity index (χ0) is 17.0. The summed E-state index contributed by atoms with van der Waals surface area (Å²) in [5.41, 5.74) is 2.36. The molecule has 0 heterocycles. The third-order valence-corrected chi connectivity index (χ3v) is 3.74. The van der Waals surface area contributed by atoms with Crippen molar-refractivity contribution >= 4 is 52.6 Å². The maximum absolute atomic E-state index is 11.9. The van der Waals surface area contributed by atoms with Crippen LogP contribution >= 0.6 is 34.8 Å². The third kappa shape index (κ3) is 4.19. The van der Waals surface area contributed by atoms with Crippen molar-refractivity contribution in [3.63, 3.8) is 0 Å². The normalized spacial score (nSPS) is 10.7. The molecule has 0 saturated heterocycles. The second kappa shape index (κ2) is 7.41. The van der Waals surface area contributed by atoms with Gasteiger partial charge in [-0.1, -0.05) is 40.9 Å². The van der Waals surface area contributed by atoms with Gasteiger partial charge in [-0.3, -0.25) is 14.9 Å². The summed E-state index contributed by atoms with van der Waals surface area (Å²) in [6, 6.07) is 8.60. The predicted molar refractivity (Wildman–Crippen MR) is 89.6 cm³/mol. The second-order valence-corrected chi connectivity index (χ2v) is 5.48. The second-order valence-electron chi connectivity index (χ2n) is 4.26. The molecule has 0 fully saturated rings. The SMILES string of the molecule is O=C(NN=Cc1c(Cl)cccc1Cl)c1ccc(Cl)c([N+](=O)[O-])c1. The molecule has 2 aromatic rings. The summed E-state index contributed by atoms with van der Waals surface area (Å²) in [5, 5.41) is 15.2. The van der Waals surface area contributed by atoms with Crippen molar-refractivity contribution in [3.8, 4) is 0 Å². The molecule has 0 spiro atoms. The molecule has 0 aliphatic carbocycles. The van der Waals surface area contributed by atoms with Crippen molar-refractivity contribution in [2.24, 2.45) is 5.10 Å². The van der Waals surface area contributed by atoms with E-state index in [-0.39, 0.29) is 16.3 Å². The number of benzene rings is 2. The van der Waals surface area contributed by atoms with Gasteiger partial charge in [0.1, 0.15) is 5.02 Å².